The number of aryl methyl sites for hydroxylation is 4. The van der Waals surface area contributed by atoms with E-state index in [1.165, 1.54) is 4.88 Å². The van der Waals surface area contributed by atoms with Gasteiger partial charge in [0.1, 0.15) is 16.6 Å². The minimum atomic E-state index is -0.457. The molecule has 2 amide bonds. The Balaban J connectivity index is 1.51. The van der Waals surface area contributed by atoms with E-state index in [1.807, 2.05) is 82.3 Å². The van der Waals surface area contributed by atoms with Gasteiger partial charge in [0.25, 0.3) is 11.8 Å². The summed E-state index contributed by atoms with van der Waals surface area (Å²) in [6.45, 7) is 7.95. The van der Waals surface area contributed by atoms with E-state index in [0.29, 0.717) is 5.69 Å². The second-order valence-electron chi connectivity index (χ2n) is 10.4. The number of hydrogen-bond acceptors (Lipinski definition) is 4. The van der Waals surface area contributed by atoms with E-state index >= 15 is 0 Å². The van der Waals surface area contributed by atoms with Crippen molar-refractivity contribution in [1.82, 2.24) is 4.57 Å². The number of fused-ring (bicyclic) bond motifs is 1. The van der Waals surface area contributed by atoms with Crippen LogP contribution in [0.3, 0.4) is 0 Å². The van der Waals surface area contributed by atoms with Crippen molar-refractivity contribution in [3.8, 4) is 11.1 Å². The third kappa shape index (κ3) is 5.49. The van der Waals surface area contributed by atoms with Crippen LogP contribution in [0.15, 0.2) is 60.2 Å². The number of nitriles is 1. The van der Waals surface area contributed by atoms with E-state index in [-0.39, 0.29) is 11.5 Å². The van der Waals surface area contributed by atoms with Gasteiger partial charge in [0.05, 0.1) is 5.56 Å². The Morgan fingerprint density at radius 3 is 2.12 bits per heavy atom. The Kier molecular flexibility index (Phi) is 7.72. The van der Waals surface area contributed by atoms with Gasteiger partial charge < -0.3 is 15.2 Å². The van der Waals surface area contributed by atoms with Crippen LogP contribution in [0.1, 0.15) is 61.7 Å². The molecule has 202 valence electrons. The van der Waals surface area contributed by atoms with Crippen LogP contribution in [0.4, 0.5) is 11.4 Å². The fourth-order valence-corrected chi connectivity index (χ4v) is 6.66. The number of amides is 2. The second-order valence-corrected chi connectivity index (χ2v) is 11.4. The first kappa shape index (κ1) is 27.2. The molecule has 2 aromatic heterocycles. The van der Waals surface area contributed by atoms with Gasteiger partial charge in [0.2, 0.25) is 0 Å². The number of carbonyl (C=O) groups is 2. The van der Waals surface area contributed by atoms with E-state index < -0.39 is 5.91 Å². The Morgan fingerprint density at radius 2 is 1.50 bits per heavy atom. The highest BCUT2D eigenvalue weighted by molar-refractivity contribution is 7.15. The molecule has 4 aromatic rings. The first-order chi connectivity index (χ1) is 19.2. The Labute approximate surface area is 239 Å². The number of thiophene rings is 1. The van der Waals surface area contributed by atoms with Crippen molar-refractivity contribution in [2.24, 2.45) is 0 Å². The van der Waals surface area contributed by atoms with Crippen LogP contribution in [0, 0.1) is 39.0 Å². The van der Waals surface area contributed by atoms with E-state index in [1.54, 1.807) is 17.4 Å². The average molecular weight is 549 g/mol. The minimum Gasteiger partial charge on any atom is -0.322 e. The molecule has 0 saturated heterocycles. The van der Waals surface area contributed by atoms with E-state index in [4.69, 9.17) is 0 Å². The van der Waals surface area contributed by atoms with Crippen LogP contribution in [-0.4, -0.2) is 16.4 Å². The summed E-state index contributed by atoms with van der Waals surface area (Å²) in [5.41, 5.74) is 8.06. The number of nitrogens with one attached hydrogen (secondary N) is 2. The van der Waals surface area contributed by atoms with Crippen molar-refractivity contribution in [2.45, 2.75) is 53.4 Å². The fraction of sp³-hybridized carbons (Fsp3) is 0.242. The number of nitrogens with zero attached hydrogens (tertiary/aromatic N) is 2. The van der Waals surface area contributed by atoms with Crippen LogP contribution >= 0.6 is 11.3 Å². The molecule has 0 fully saturated rings. The molecular formula is C33H32N4O2S. The molecule has 0 bridgehead atoms. The van der Waals surface area contributed by atoms with Gasteiger partial charge >= 0.3 is 0 Å². The van der Waals surface area contributed by atoms with Crippen molar-refractivity contribution in [3.05, 3.63) is 104 Å². The van der Waals surface area contributed by atoms with Crippen molar-refractivity contribution >= 4 is 40.6 Å². The van der Waals surface area contributed by atoms with Crippen LogP contribution < -0.4 is 10.6 Å². The molecule has 0 aliphatic heterocycles. The third-order valence-corrected chi connectivity index (χ3v) is 8.61. The number of anilines is 2. The molecule has 0 unspecified atom stereocenters. The first-order valence-corrected chi connectivity index (χ1v) is 14.3. The summed E-state index contributed by atoms with van der Waals surface area (Å²) in [7, 11) is 0. The SMILES string of the molecule is Cc1ccc(NC(=O)/C(C#N)=C\c2cc(C)n(-c3sc4c(c3C(=O)Nc3ccc(C)cc3)CCCC4)c2C)cc1. The maximum absolute atomic E-state index is 13.7. The van der Waals surface area contributed by atoms with Gasteiger partial charge in [0, 0.05) is 27.6 Å². The zero-order valence-electron chi connectivity index (χ0n) is 23.2. The summed E-state index contributed by atoms with van der Waals surface area (Å²) >= 11 is 1.67. The number of carbonyl (C=O) groups excluding carboxylic acids is 2. The molecule has 1 aliphatic rings. The molecule has 5 rings (SSSR count). The number of aromatic nitrogens is 1. The van der Waals surface area contributed by atoms with E-state index in [2.05, 4.69) is 21.3 Å². The smallest absolute Gasteiger partial charge is 0.266 e. The zero-order chi connectivity index (χ0) is 28.4. The second kappa shape index (κ2) is 11.4. The van der Waals surface area contributed by atoms with Gasteiger partial charge in [-0.05, 0) is 101 Å². The van der Waals surface area contributed by atoms with Crippen LogP contribution in [0.25, 0.3) is 11.1 Å². The fourth-order valence-electron chi connectivity index (χ4n) is 5.16. The molecule has 0 atom stereocenters. The molecule has 0 radical (unpaired) electrons. The summed E-state index contributed by atoms with van der Waals surface area (Å²) < 4.78 is 2.09. The molecule has 0 spiro atoms. The average Bonchev–Trinajstić information content (AvgIpc) is 3.45. The highest BCUT2D eigenvalue weighted by Crippen LogP contribution is 2.39. The lowest BCUT2D eigenvalue weighted by molar-refractivity contribution is -0.112. The number of benzene rings is 2. The molecule has 1 aliphatic carbocycles. The lowest BCUT2D eigenvalue weighted by atomic mass is 9.95. The van der Waals surface area contributed by atoms with Crippen molar-refractivity contribution in [2.75, 3.05) is 10.6 Å². The molecule has 6 nitrogen and oxygen atoms in total. The molecule has 2 N–H and O–H groups in total. The van der Waals surface area contributed by atoms with Crippen LogP contribution in [0.5, 0.6) is 0 Å². The van der Waals surface area contributed by atoms with Gasteiger partial charge in [-0.1, -0.05) is 35.4 Å². The van der Waals surface area contributed by atoms with Crippen LogP contribution in [0.2, 0.25) is 0 Å². The lowest BCUT2D eigenvalue weighted by Crippen LogP contribution is -2.17. The van der Waals surface area contributed by atoms with Gasteiger partial charge in [-0.3, -0.25) is 9.59 Å². The Hall–Kier alpha value is -4.41. The number of rotatable bonds is 6. The highest BCUT2D eigenvalue weighted by atomic mass is 32.1. The molecular weight excluding hydrogens is 516 g/mol. The predicted molar refractivity (Wildman–Crippen MR) is 162 cm³/mol. The van der Waals surface area contributed by atoms with Crippen molar-refractivity contribution in [1.29, 1.82) is 5.26 Å². The maximum Gasteiger partial charge on any atom is 0.266 e. The van der Waals surface area contributed by atoms with E-state index in [9.17, 15) is 14.9 Å². The highest BCUT2D eigenvalue weighted by Gasteiger charge is 2.28. The lowest BCUT2D eigenvalue weighted by Gasteiger charge is -2.14. The van der Waals surface area contributed by atoms with Gasteiger partial charge in [-0.15, -0.1) is 11.3 Å². The van der Waals surface area contributed by atoms with Crippen molar-refractivity contribution < 1.29 is 9.59 Å². The summed E-state index contributed by atoms with van der Waals surface area (Å²) in [6.07, 6.45) is 5.65. The largest absolute Gasteiger partial charge is 0.322 e. The van der Waals surface area contributed by atoms with Gasteiger partial charge in [-0.25, -0.2) is 0 Å². The molecule has 0 saturated carbocycles. The zero-order valence-corrected chi connectivity index (χ0v) is 24.0. The molecule has 7 heteroatoms. The van der Waals surface area contributed by atoms with Crippen LogP contribution in [-0.2, 0) is 17.6 Å². The Bertz CT molecular complexity index is 1670. The summed E-state index contributed by atoms with van der Waals surface area (Å²) in [5, 5.41) is 16.6. The summed E-state index contributed by atoms with van der Waals surface area (Å²) in [6, 6.07) is 19.3. The molecule has 40 heavy (non-hydrogen) atoms. The maximum atomic E-state index is 13.7. The Morgan fingerprint density at radius 1 is 0.900 bits per heavy atom. The number of hydrogen-bond donors (Lipinski definition) is 2. The topological polar surface area (TPSA) is 86.9 Å². The quantitative estimate of drug-likeness (QED) is 0.194. The van der Waals surface area contributed by atoms with Crippen molar-refractivity contribution in [3.63, 3.8) is 0 Å². The summed E-state index contributed by atoms with van der Waals surface area (Å²) in [5.74, 6) is -0.570. The first-order valence-electron chi connectivity index (χ1n) is 13.5. The third-order valence-electron chi connectivity index (χ3n) is 7.34. The normalized spacial score (nSPS) is 12.9. The minimum absolute atomic E-state index is 0.0173. The monoisotopic (exact) mass is 548 g/mol. The van der Waals surface area contributed by atoms with Gasteiger partial charge in [0.15, 0.2) is 0 Å². The molecule has 2 heterocycles. The van der Waals surface area contributed by atoms with Gasteiger partial charge in [-0.2, -0.15) is 5.26 Å². The predicted octanol–water partition coefficient (Wildman–Crippen LogP) is 7.45. The van der Waals surface area contributed by atoms with E-state index in [0.717, 1.165) is 75.6 Å². The summed E-state index contributed by atoms with van der Waals surface area (Å²) in [4.78, 5) is 27.9. The molecule has 2 aromatic carbocycles. The standard InChI is InChI=1S/C33H32N4O2S/c1-20-9-13-26(14-10-20)35-31(38)25(19-34)18-24-17-22(3)37(23(24)4)33-30(28-7-5-6-8-29(28)40-33)32(39)36-27-15-11-21(2)12-16-27/h9-18H,5-8H2,1-4H3,(H,35,38)(H,36,39)/b25-18-.